The van der Waals surface area contributed by atoms with Crippen molar-refractivity contribution in [2.24, 2.45) is 0 Å². The third-order valence-electron chi connectivity index (χ3n) is 3.20. The number of hydrogen-bond donors (Lipinski definition) is 2. The Hall–Kier alpha value is -2.94. The van der Waals surface area contributed by atoms with Crippen LogP contribution in [0.3, 0.4) is 0 Å². The lowest BCUT2D eigenvalue weighted by Crippen LogP contribution is -1.92. The number of nitrogen functional groups attached to an aromatic ring is 2. The van der Waals surface area contributed by atoms with Crippen LogP contribution < -0.4 is 16.2 Å². The number of nitrogens with two attached hydrogens (primary N) is 2. The van der Waals surface area contributed by atoms with E-state index in [0.29, 0.717) is 11.4 Å². The summed E-state index contributed by atoms with van der Waals surface area (Å²) in [6.07, 6.45) is 0. The number of ether oxygens (including phenoxy) is 1. The highest BCUT2D eigenvalue weighted by Gasteiger charge is 2.08. The molecule has 4 N–H and O–H groups in total. The Bertz CT molecular complexity index is 737. The molecule has 0 aliphatic rings. The first-order chi connectivity index (χ1) is 10.2. The number of anilines is 2. The third-order valence-corrected chi connectivity index (χ3v) is 3.20. The predicted octanol–water partition coefficient (Wildman–Crippen LogP) is 4.31. The number of benzene rings is 3. The summed E-state index contributed by atoms with van der Waals surface area (Å²) in [5.74, 6) is 1.46. The van der Waals surface area contributed by atoms with Crippen LogP contribution in [0, 0.1) is 0 Å². The monoisotopic (exact) mass is 276 g/mol. The summed E-state index contributed by atoms with van der Waals surface area (Å²) >= 11 is 0. The molecule has 3 rings (SSSR count). The van der Waals surface area contributed by atoms with Crippen LogP contribution in [0.25, 0.3) is 11.1 Å². The van der Waals surface area contributed by atoms with E-state index >= 15 is 0 Å². The normalized spacial score (nSPS) is 10.3. The molecule has 3 heteroatoms. The molecular formula is C18H16N2O. The highest BCUT2D eigenvalue weighted by atomic mass is 16.5. The zero-order valence-corrected chi connectivity index (χ0v) is 11.5. The molecule has 104 valence electrons. The minimum atomic E-state index is 0.667. The summed E-state index contributed by atoms with van der Waals surface area (Å²) in [6, 6.07) is 23.0. The third kappa shape index (κ3) is 2.98. The van der Waals surface area contributed by atoms with Gasteiger partial charge in [-0.1, -0.05) is 30.3 Å². The van der Waals surface area contributed by atoms with Gasteiger partial charge in [0.2, 0.25) is 0 Å². The standard InChI is InChI=1S/C18H16N2O/c19-14-6-9-16(10-7-14)21-18-12-15(20)8-11-17(18)13-4-2-1-3-5-13/h1-12H,19-20H2. The topological polar surface area (TPSA) is 61.3 Å². The molecule has 3 nitrogen and oxygen atoms in total. The van der Waals surface area contributed by atoms with Crippen molar-refractivity contribution in [3.8, 4) is 22.6 Å². The highest BCUT2D eigenvalue weighted by Crippen LogP contribution is 2.35. The van der Waals surface area contributed by atoms with Gasteiger partial charge in [-0.15, -0.1) is 0 Å². The van der Waals surface area contributed by atoms with E-state index < -0.39 is 0 Å². The van der Waals surface area contributed by atoms with Gasteiger partial charge >= 0.3 is 0 Å². The van der Waals surface area contributed by atoms with E-state index in [-0.39, 0.29) is 0 Å². The van der Waals surface area contributed by atoms with Gasteiger partial charge in [0.1, 0.15) is 11.5 Å². The Kier molecular flexibility index (Phi) is 3.48. The molecule has 0 saturated carbocycles. The maximum atomic E-state index is 5.96. The fraction of sp³-hybridized carbons (Fsp3) is 0. The van der Waals surface area contributed by atoms with Crippen molar-refractivity contribution in [3.63, 3.8) is 0 Å². The van der Waals surface area contributed by atoms with E-state index in [1.807, 2.05) is 72.8 Å². The van der Waals surface area contributed by atoms with Crippen LogP contribution >= 0.6 is 0 Å². The summed E-state index contributed by atoms with van der Waals surface area (Å²) in [5, 5.41) is 0. The second kappa shape index (κ2) is 5.59. The minimum Gasteiger partial charge on any atom is -0.457 e. The van der Waals surface area contributed by atoms with Crippen molar-refractivity contribution >= 4 is 11.4 Å². The van der Waals surface area contributed by atoms with Crippen LogP contribution in [0.15, 0.2) is 72.8 Å². The molecule has 0 heterocycles. The van der Waals surface area contributed by atoms with Crippen molar-refractivity contribution in [3.05, 3.63) is 72.8 Å². The van der Waals surface area contributed by atoms with Crippen molar-refractivity contribution in [1.29, 1.82) is 0 Å². The van der Waals surface area contributed by atoms with Gasteiger partial charge in [-0.3, -0.25) is 0 Å². The van der Waals surface area contributed by atoms with E-state index in [0.717, 1.165) is 22.6 Å². The second-order valence-corrected chi connectivity index (χ2v) is 4.79. The van der Waals surface area contributed by atoms with Crippen LogP contribution in [0.5, 0.6) is 11.5 Å². The zero-order valence-electron chi connectivity index (χ0n) is 11.5. The molecule has 0 aromatic heterocycles. The lowest BCUT2D eigenvalue weighted by atomic mass is 10.0. The molecule has 3 aromatic rings. The minimum absolute atomic E-state index is 0.667. The van der Waals surface area contributed by atoms with Crippen LogP contribution in [0.4, 0.5) is 11.4 Å². The first-order valence-corrected chi connectivity index (χ1v) is 6.71. The van der Waals surface area contributed by atoms with E-state index in [1.165, 1.54) is 0 Å². The van der Waals surface area contributed by atoms with Gasteiger partial charge in [0.05, 0.1) is 0 Å². The molecular weight excluding hydrogens is 260 g/mol. The Morgan fingerprint density at radius 2 is 1.33 bits per heavy atom. The second-order valence-electron chi connectivity index (χ2n) is 4.79. The number of hydrogen-bond acceptors (Lipinski definition) is 3. The average molecular weight is 276 g/mol. The predicted molar refractivity (Wildman–Crippen MR) is 87.2 cm³/mol. The average Bonchev–Trinajstić information content (AvgIpc) is 2.51. The summed E-state index contributed by atoms with van der Waals surface area (Å²) in [4.78, 5) is 0. The van der Waals surface area contributed by atoms with Gasteiger partial charge in [-0.25, -0.2) is 0 Å². The SMILES string of the molecule is Nc1ccc(Oc2cc(N)ccc2-c2ccccc2)cc1. The smallest absolute Gasteiger partial charge is 0.137 e. The van der Waals surface area contributed by atoms with Crippen LogP contribution in [-0.4, -0.2) is 0 Å². The van der Waals surface area contributed by atoms with Crippen molar-refractivity contribution in [1.82, 2.24) is 0 Å². The van der Waals surface area contributed by atoms with Gasteiger partial charge in [-0.2, -0.15) is 0 Å². The van der Waals surface area contributed by atoms with Crippen molar-refractivity contribution < 1.29 is 4.74 Å². The van der Waals surface area contributed by atoms with E-state index in [4.69, 9.17) is 16.2 Å². The molecule has 0 aliphatic carbocycles. The van der Waals surface area contributed by atoms with Crippen molar-refractivity contribution in [2.75, 3.05) is 11.5 Å². The molecule has 0 spiro atoms. The molecule has 0 atom stereocenters. The summed E-state index contributed by atoms with van der Waals surface area (Å²) < 4.78 is 5.96. The van der Waals surface area contributed by atoms with E-state index in [2.05, 4.69) is 0 Å². The fourth-order valence-electron chi connectivity index (χ4n) is 2.14. The molecule has 0 unspecified atom stereocenters. The zero-order chi connectivity index (χ0) is 14.7. The van der Waals surface area contributed by atoms with E-state index in [1.54, 1.807) is 0 Å². The first kappa shape index (κ1) is 13.1. The molecule has 0 aliphatic heterocycles. The molecule has 21 heavy (non-hydrogen) atoms. The Morgan fingerprint density at radius 3 is 2.05 bits per heavy atom. The van der Waals surface area contributed by atoms with Crippen LogP contribution in [0.2, 0.25) is 0 Å². The fourth-order valence-corrected chi connectivity index (χ4v) is 2.14. The maximum absolute atomic E-state index is 5.96. The lowest BCUT2D eigenvalue weighted by molar-refractivity contribution is 0.485. The Morgan fingerprint density at radius 1 is 0.667 bits per heavy atom. The summed E-state index contributed by atoms with van der Waals surface area (Å²) in [7, 11) is 0. The molecule has 0 bridgehead atoms. The van der Waals surface area contributed by atoms with E-state index in [9.17, 15) is 0 Å². The molecule has 3 aromatic carbocycles. The van der Waals surface area contributed by atoms with Crippen LogP contribution in [0.1, 0.15) is 0 Å². The number of rotatable bonds is 3. The molecule has 0 saturated heterocycles. The first-order valence-electron chi connectivity index (χ1n) is 6.71. The summed E-state index contributed by atoms with van der Waals surface area (Å²) in [6.45, 7) is 0. The Labute approximate surface area is 123 Å². The lowest BCUT2D eigenvalue weighted by Gasteiger charge is -2.12. The van der Waals surface area contributed by atoms with Gasteiger partial charge in [0, 0.05) is 23.0 Å². The largest absolute Gasteiger partial charge is 0.457 e. The molecule has 0 fully saturated rings. The quantitative estimate of drug-likeness (QED) is 0.701. The van der Waals surface area contributed by atoms with Crippen LogP contribution in [-0.2, 0) is 0 Å². The van der Waals surface area contributed by atoms with Gasteiger partial charge in [0.25, 0.3) is 0 Å². The summed E-state index contributed by atoms with van der Waals surface area (Å²) in [5.41, 5.74) is 15.0. The van der Waals surface area contributed by atoms with Gasteiger partial charge < -0.3 is 16.2 Å². The van der Waals surface area contributed by atoms with Crippen molar-refractivity contribution in [2.45, 2.75) is 0 Å². The maximum Gasteiger partial charge on any atom is 0.137 e. The van der Waals surface area contributed by atoms with Gasteiger partial charge in [-0.05, 0) is 42.0 Å². The molecule has 0 radical (unpaired) electrons. The molecule has 0 amide bonds. The highest BCUT2D eigenvalue weighted by molar-refractivity contribution is 5.73. The van der Waals surface area contributed by atoms with Gasteiger partial charge in [0.15, 0.2) is 0 Å². The Balaban J connectivity index is 2.01.